The number of rotatable bonds is 2. The number of hydrogen-bond donors (Lipinski definition) is 0. The normalized spacial score (nSPS) is 8.92. The molecule has 8 nitrogen and oxygen atoms in total. The van der Waals surface area contributed by atoms with Gasteiger partial charge in [-0.15, -0.1) is 0 Å². The van der Waals surface area contributed by atoms with Crippen LogP contribution in [0.4, 0.5) is 0 Å². The van der Waals surface area contributed by atoms with Crippen LogP contribution in [-0.4, -0.2) is 21.1 Å². The molecule has 148 valence electrons. The van der Waals surface area contributed by atoms with Crippen LogP contribution in [0.3, 0.4) is 0 Å². The van der Waals surface area contributed by atoms with Gasteiger partial charge in [-0.1, -0.05) is 0 Å². The van der Waals surface area contributed by atoms with Gasteiger partial charge in [0.2, 0.25) is 0 Å². The number of aromatic nitrogens is 4. The summed E-state index contributed by atoms with van der Waals surface area (Å²) in [4.78, 5) is 17.8. The summed E-state index contributed by atoms with van der Waals surface area (Å²) in [5.74, 6) is 0.440. The van der Waals surface area contributed by atoms with Crippen molar-refractivity contribution in [3.63, 3.8) is 0 Å². The summed E-state index contributed by atoms with van der Waals surface area (Å²) < 4.78 is 8.65. The van der Waals surface area contributed by atoms with E-state index in [1.807, 2.05) is 0 Å². The molecule has 0 aliphatic rings. The first-order valence-electron chi connectivity index (χ1n) is 8.35. The lowest BCUT2D eigenvalue weighted by molar-refractivity contribution is -0.677. The molecule has 0 aliphatic heterocycles. The van der Waals surface area contributed by atoms with Crippen molar-refractivity contribution in [3.05, 3.63) is 36.4 Å². The van der Waals surface area contributed by atoms with Crippen molar-refractivity contribution in [2.75, 3.05) is 0 Å². The minimum absolute atomic E-state index is 0.972. The van der Waals surface area contributed by atoms with E-state index in [1.165, 1.54) is 11.6 Å². The van der Waals surface area contributed by atoms with E-state index >= 15 is 0 Å². The second kappa shape index (κ2) is 13.6. The van der Waals surface area contributed by atoms with Gasteiger partial charge in [0.15, 0.2) is 0 Å². The summed E-state index contributed by atoms with van der Waals surface area (Å²) in [6, 6.07) is 0. The van der Waals surface area contributed by atoms with Gasteiger partial charge < -0.3 is 19.8 Å². The summed E-state index contributed by atoms with van der Waals surface area (Å²) in [5, 5.41) is 17.8. The first-order valence-corrected chi connectivity index (χ1v) is 8.35. The Hall–Kier alpha value is -2.64. The predicted octanol–water partition coefficient (Wildman–Crippen LogP) is -1.21. The van der Waals surface area contributed by atoms with Crippen LogP contribution in [0.25, 0.3) is 0 Å². The highest BCUT2D eigenvalue weighted by Crippen LogP contribution is 1.90. The second-order valence-electron chi connectivity index (χ2n) is 5.47. The predicted molar refractivity (Wildman–Crippen MR) is 93.4 cm³/mol. The summed E-state index contributed by atoms with van der Waals surface area (Å²) in [6.45, 7) is 12.6. The van der Waals surface area contributed by atoms with Crippen LogP contribution in [0.1, 0.15) is 39.3 Å². The highest BCUT2D eigenvalue weighted by atomic mass is 16.4. The van der Waals surface area contributed by atoms with Gasteiger partial charge >= 0.3 is 0 Å². The number of imidazole rings is 2. The van der Waals surface area contributed by atoms with E-state index in [0.717, 1.165) is 26.9 Å². The van der Waals surface area contributed by atoms with Crippen molar-refractivity contribution in [2.45, 2.75) is 54.6 Å². The Kier molecular flexibility index (Phi) is 13.4. The quantitative estimate of drug-likeness (QED) is 0.622. The highest BCUT2D eigenvalue weighted by molar-refractivity contribution is 5.60. The molecule has 0 aliphatic carbocycles. The molecule has 0 spiro atoms. The number of hydrogen-bond acceptors (Lipinski definition) is 4. The smallest absolute Gasteiger partial charge is 0.252 e. The van der Waals surface area contributed by atoms with Crippen molar-refractivity contribution in [1.29, 1.82) is 0 Å². The molecular weight excluding hydrogens is 336 g/mol. The number of carboxylic acids is 2. The van der Waals surface area contributed by atoms with Gasteiger partial charge in [-0.05, 0) is 27.7 Å². The lowest BCUT2D eigenvalue weighted by atomic mass is 10.6. The Morgan fingerprint density at radius 2 is 1.08 bits per heavy atom. The molecule has 0 bridgehead atoms. The zero-order valence-corrected chi connectivity index (χ0v) is 17.1. The van der Waals surface area contributed by atoms with Crippen LogP contribution in [0.2, 0.25) is 0 Å². The van der Waals surface area contributed by atoms with Gasteiger partial charge in [-0.3, -0.25) is 0 Å². The van der Waals surface area contributed by atoms with Gasteiger partial charge in [0, 0.05) is 25.8 Å². The summed E-state index contributed by atoms with van der Waals surface area (Å²) >= 11 is 0. The molecule has 0 aromatic carbocycles. The van der Waals surface area contributed by atoms with E-state index in [9.17, 15) is 0 Å². The fraction of sp³-hybridized carbons (Fsp3) is 0.556. The van der Waals surface area contributed by atoms with Crippen molar-refractivity contribution in [2.24, 2.45) is 14.1 Å². The van der Waals surface area contributed by atoms with E-state index in [1.54, 1.807) is 0 Å². The molecule has 0 saturated heterocycles. The molecule has 0 amide bonds. The lowest BCUT2D eigenvalue weighted by Crippen LogP contribution is -2.29. The minimum Gasteiger partial charge on any atom is -0.550 e. The monoisotopic (exact) mass is 368 g/mol. The summed E-state index contributed by atoms with van der Waals surface area (Å²) in [7, 11) is 4.11. The van der Waals surface area contributed by atoms with E-state index in [2.05, 4.69) is 84.8 Å². The molecule has 8 heteroatoms. The maximum Gasteiger partial charge on any atom is 0.252 e. The fourth-order valence-corrected chi connectivity index (χ4v) is 1.87. The van der Waals surface area contributed by atoms with Crippen LogP contribution in [-0.2, 0) is 36.8 Å². The van der Waals surface area contributed by atoms with Crippen molar-refractivity contribution < 1.29 is 28.9 Å². The minimum atomic E-state index is -1.08. The highest BCUT2D eigenvalue weighted by Gasteiger charge is 2.04. The van der Waals surface area contributed by atoms with E-state index in [-0.39, 0.29) is 0 Å². The second-order valence-corrected chi connectivity index (χ2v) is 5.47. The number of aryl methyl sites for hydroxylation is 4. The number of carboxylic acid groups (broad SMARTS) is 2. The Labute approximate surface area is 155 Å². The van der Waals surface area contributed by atoms with Gasteiger partial charge in [-0.25, -0.2) is 18.3 Å². The molecule has 2 aromatic rings. The molecule has 0 atom stereocenters. The third-order valence-electron chi connectivity index (χ3n) is 3.47. The van der Waals surface area contributed by atoms with Crippen LogP contribution in [0.15, 0.2) is 24.8 Å². The molecule has 2 heterocycles. The molecule has 0 unspecified atom stereocenters. The van der Waals surface area contributed by atoms with Gasteiger partial charge in [0.25, 0.3) is 11.6 Å². The standard InChI is InChI=1S/2C7H13N2.2C2H4O2/c2*1-4-9-6-5-8(3)7(9)2;2*1-2(3)4/h2*5-6H,4H2,1-3H3;2*1H3,(H,3,4)/q2*+1;;/p-2. The fourth-order valence-electron chi connectivity index (χ4n) is 1.87. The third kappa shape index (κ3) is 11.8. The van der Waals surface area contributed by atoms with Gasteiger partial charge in [0.05, 0.1) is 27.2 Å². The molecule has 0 radical (unpaired) electrons. The molecule has 0 fully saturated rings. The topological polar surface area (TPSA) is 97.9 Å². The van der Waals surface area contributed by atoms with Crippen molar-refractivity contribution in [3.8, 4) is 0 Å². The third-order valence-corrected chi connectivity index (χ3v) is 3.47. The number of nitrogens with zero attached hydrogens (tertiary/aromatic N) is 4. The molecule has 26 heavy (non-hydrogen) atoms. The molecule has 2 aromatic heterocycles. The molecule has 0 saturated carbocycles. The Bertz CT molecular complexity index is 609. The summed E-state index contributed by atoms with van der Waals surface area (Å²) in [5.41, 5.74) is 0. The van der Waals surface area contributed by atoms with Crippen molar-refractivity contribution in [1.82, 2.24) is 9.13 Å². The number of carbonyl (C=O) groups is 2. The SMILES string of the molecule is CC(=O)[O-].CC(=O)[O-].CCn1cc[n+](C)c1C.CCn1cc[n+](C)c1C. The molecular formula is C18H32N4O4. The zero-order chi connectivity index (χ0) is 20.9. The molecule has 2 rings (SSSR count). The average molecular weight is 368 g/mol. The molecule has 0 N–H and O–H groups in total. The van der Waals surface area contributed by atoms with Crippen molar-refractivity contribution >= 4 is 11.9 Å². The van der Waals surface area contributed by atoms with E-state index in [4.69, 9.17) is 19.8 Å². The number of aliphatic carboxylic acids is 2. The number of carbonyl (C=O) groups excluding carboxylic acids is 2. The van der Waals surface area contributed by atoms with E-state index < -0.39 is 11.9 Å². The van der Waals surface area contributed by atoms with Crippen LogP contribution in [0, 0.1) is 13.8 Å². The van der Waals surface area contributed by atoms with Crippen LogP contribution >= 0.6 is 0 Å². The lowest BCUT2D eigenvalue weighted by Gasteiger charge is -1.90. The Morgan fingerprint density at radius 3 is 1.15 bits per heavy atom. The maximum atomic E-state index is 8.89. The average Bonchev–Trinajstić information content (AvgIpc) is 3.02. The van der Waals surface area contributed by atoms with Gasteiger partial charge in [-0.2, -0.15) is 0 Å². The summed E-state index contributed by atoms with van der Waals surface area (Å²) in [6.07, 6.45) is 8.32. The first kappa shape index (κ1) is 25.6. The van der Waals surface area contributed by atoms with E-state index in [0.29, 0.717) is 0 Å². The Morgan fingerprint density at radius 1 is 0.846 bits per heavy atom. The first-order chi connectivity index (χ1) is 12.0. The zero-order valence-electron chi connectivity index (χ0n) is 17.1. The van der Waals surface area contributed by atoms with Crippen LogP contribution in [0.5, 0.6) is 0 Å². The largest absolute Gasteiger partial charge is 0.550 e. The van der Waals surface area contributed by atoms with Gasteiger partial charge in [0.1, 0.15) is 24.8 Å². The maximum absolute atomic E-state index is 8.89. The Balaban J connectivity index is 0. The van der Waals surface area contributed by atoms with Crippen LogP contribution < -0.4 is 19.3 Å².